The minimum atomic E-state index is -1.83. The number of aliphatic hydroxyl groups is 10. The minimum Gasteiger partial charge on any atom is -0.432 e. The number of allylic oxidation sites excluding steroid dienone is 2. The summed E-state index contributed by atoms with van der Waals surface area (Å²) in [6.07, 6.45) is -11.4. The number of aliphatic hydroxyl groups excluding tert-OH is 10. The van der Waals surface area contributed by atoms with Crippen molar-refractivity contribution in [2.45, 2.75) is 224 Å². The standard InChI is InChI=1S/C61H93IN2O19/c1-31-49(81-53-48(75)46(73)37(68)29-78-53)45(72)34(27-65)52(79-31)82-50-47(74)44(64-43(71)11-9-8-10-24-63-51(76)32-12-14-33(62)15-13-32)38(28-66)80-54(50)83-55(77)61-23-22-56(2,3)25-36(61)35-16-17-40-57(4)20-19-41(69)58(5,30-67)39(57)18-21-59(40,6)60(35,7)26-42(61)70/h12-16,31,34,36-42,44-50,52-54,65-70,72-75H,8-11,17-30H2,1-7H3,(H,63,76)(H,64,71)/t31?,34?,36?,37-,38?,39?,40?,41+,42?,44+,45?,46?,47?,48?,49+,50?,52+,53+,54+,57?,58?,59?,60?,61-/m1/s1. The van der Waals surface area contributed by atoms with Gasteiger partial charge in [0.25, 0.3) is 5.91 Å². The first-order valence-corrected chi connectivity index (χ1v) is 31.3. The van der Waals surface area contributed by atoms with Crippen molar-refractivity contribution in [3.63, 3.8) is 0 Å². The van der Waals surface area contributed by atoms with Crippen molar-refractivity contribution in [2.24, 2.45) is 56.2 Å². The van der Waals surface area contributed by atoms with E-state index in [2.05, 4.69) is 73.9 Å². The Hall–Kier alpha value is -2.50. The van der Waals surface area contributed by atoms with Crippen molar-refractivity contribution in [3.05, 3.63) is 45.0 Å². The van der Waals surface area contributed by atoms with Crippen molar-refractivity contribution < 1.29 is 93.9 Å². The van der Waals surface area contributed by atoms with Crippen LogP contribution in [-0.4, -0.2) is 194 Å². The predicted molar refractivity (Wildman–Crippen MR) is 306 cm³/mol. The molecule has 83 heavy (non-hydrogen) atoms. The molecule has 5 aliphatic carbocycles. The fraction of sp³-hybridized carbons (Fsp3) is 0.820. The average molecular weight is 1290 g/mol. The molecule has 0 bridgehead atoms. The number of rotatable bonds is 17. The van der Waals surface area contributed by atoms with E-state index in [4.69, 9.17) is 28.4 Å². The molecular weight excluding hydrogens is 1190 g/mol. The first-order chi connectivity index (χ1) is 39.1. The molecule has 1 aromatic rings. The quantitative estimate of drug-likeness (QED) is 0.0462. The first kappa shape index (κ1) is 65.0. The van der Waals surface area contributed by atoms with E-state index in [9.17, 15) is 60.7 Å². The first-order valence-electron chi connectivity index (χ1n) is 30.2. The molecule has 7 fully saturated rings. The van der Waals surface area contributed by atoms with Crippen molar-refractivity contribution in [1.82, 2.24) is 10.6 Å². The van der Waals surface area contributed by atoms with Crippen LogP contribution in [0.25, 0.3) is 0 Å². The van der Waals surface area contributed by atoms with Crippen LogP contribution in [0.3, 0.4) is 0 Å². The van der Waals surface area contributed by atoms with Crippen molar-refractivity contribution in [1.29, 1.82) is 0 Å². The lowest BCUT2D eigenvalue weighted by Gasteiger charge is -2.71. The Morgan fingerprint density at radius 1 is 0.735 bits per heavy atom. The smallest absolute Gasteiger partial charge is 0.317 e. The molecule has 3 heterocycles. The summed E-state index contributed by atoms with van der Waals surface area (Å²) in [6, 6.07) is 5.80. The molecule has 0 radical (unpaired) electrons. The number of halogens is 1. The van der Waals surface area contributed by atoms with Gasteiger partial charge in [0.15, 0.2) is 18.7 Å². The summed E-state index contributed by atoms with van der Waals surface area (Å²) in [4.78, 5) is 42.2. The Morgan fingerprint density at radius 2 is 1.45 bits per heavy atom. The topological polar surface area (TPSA) is 333 Å². The minimum absolute atomic E-state index is 0.00706. The molecule has 12 N–H and O–H groups in total. The normalized spacial score (nSPS) is 45.8. The summed E-state index contributed by atoms with van der Waals surface area (Å²) in [6.45, 7) is 13.0. The van der Waals surface area contributed by atoms with Crippen LogP contribution in [0.15, 0.2) is 35.9 Å². The second kappa shape index (κ2) is 25.2. The summed E-state index contributed by atoms with van der Waals surface area (Å²) in [7, 11) is 0. The third kappa shape index (κ3) is 11.8. The molecule has 21 nitrogen and oxygen atoms in total. The van der Waals surface area contributed by atoms with E-state index < -0.39 is 145 Å². The van der Waals surface area contributed by atoms with Gasteiger partial charge in [-0.15, -0.1) is 0 Å². The molecule has 1 aromatic carbocycles. The van der Waals surface area contributed by atoms with Gasteiger partial charge in [-0.05, 0) is 164 Å². The van der Waals surface area contributed by atoms with Gasteiger partial charge in [-0.25, -0.2) is 0 Å². The number of hydrogen-bond acceptors (Lipinski definition) is 19. The molecular formula is C61H93IN2O19. The number of unbranched alkanes of at least 4 members (excludes halogenated alkanes) is 2. The van der Waals surface area contributed by atoms with E-state index in [1.807, 2.05) is 19.1 Å². The highest BCUT2D eigenvalue weighted by atomic mass is 127. The Bertz CT molecular complexity index is 2490. The number of ether oxygens (including phenoxy) is 6. The molecule has 4 saturated carbocycles. The third-order valence-electron chi connectivity index (χ3n) is 22.3. The monoisotopic (exact) mass is 1280 g/mol. The number of benzene rings is 1. The second-order valence-electron chi connectivity index (χ2n) is 27.5. The molecule has 3 saturated heterocycles. The fourth-order valence-electron chi connectivity index (χ4n) is 17.0. The van der Waals surface area contributed by atoms with Crippen LogP contribution in [0, 0.1) is 59.7 Å². The fourth-order valence-corrected chi connectivity index (χ4v) is 17.4. The maximum atomic E-state index is 15.8. The lowest BCUT2D eigenvalue weighted by Crippen LogP contribution is -2.69. The average Bonchev–Trinajstić information content (AvgIpc) is 0.743. The summed E-state index contributed by atoms with van der Waals surface area (Å²) in [5.41, 5.74) is -1.97. The van der Waals surface area contributed by atoms with Crippen LogP contribution < -0.4 is 10.6 Å². The van der Waals surface area contributed by atoms with Gasteiger partial charge in [0.2, 0.25) is 12.2 Å². The Morgan fingerprint density at radius 3 is 2.13 bits per heavy atom. The predicted octanol–water partition coefficient (Wildman–Crippen LogP) is 2.72. The van der Waals surface area contributed by atoms with E-state index in [0.29, 0.717) is 57.1 Å². The van der Waals surface area contributed by atoms with Crippen molar-refractivity contribution in [2.75, 3.05) is 33.0 Å². The molecule has 9 rings (SSSR count). The number of carbonyl (C=O) groups excluding carboxylic acids is 3. The largest absolute Gasteiger partial charge is 0.432 e. The zero-order valence-corrected chi connectivity index (χ0v) is 51.3. The molecule has 468 valence electrons. The molecule has 0 aromatic heterocycles. The van der Waals surface area contributed by atoms with Gasteiger partial charge >= 0.3 is 5.97 Å². The molecule has 24 atom stereocenters. The van der Waals surface area contributed by atoms with Crippen LogP contribution in [0.5, 0.6) is 0 Å². The van der Waals surface area contributed by atoms with Crippen LogP contribution >= 0.6 is 22.6 Å². The van der Waals surface area contributed by atoms with E-state index in [1.54, 1.807) is 12.1 Å². The van der Waals surface area contributed by atoms with Gasteiger partial charge in [-0.1, -0.05) is 59.6 Å². The number of nitrogens with one attached hydrogen (secondary N) is 2. The summed E-state index contributed by atoms with van der Waals surface area (Å²) in [5.74, 6) is -3.16. The summed E-state index contributed by atoms with van der Waals surface area (Å²) in [5, 5.41) is 118. The van der Waals surface area contributed by atoms with E-state index >= 15 is 4.79 Å². The van der Waals surface area contributed by atoms with E-state index in [-0.39, 0.29) is 66.5 Å². The van der Waals surface area contributed by atoms with Crippen molar-refractivity contribution >= 4 is 40.4 Å². The number of amides is 2. The summed E-state index contributed by atoms with van der Waals surface area (Å²) >= 11 is 2.16. The van der Waals surface area contributed by atoms with Crippen LogP contribution in [0.4, 0.5) is 0 Å². The van der Waals surface area contributed by atoms with Gasteiger partial charge in [-0.2, -0.15) is 0 Å². The SMILES string of the molecule is CC1O[C@@H](OC2C(O)[C@@H](NC(=O)CCCCCNC(=O)c3ccc(I)cc3)C(CO)O[C@H]2OC(=O)[C@]23CCC(C)(C)CC2C2=CCC4C5(C)CC[C@H](O)C(C)(CO)C5CCC4(C)C2(C)CC3O)C(CO)C(O)[C@H]1O[C@@H]1OC[C@@H](O)C(O)C1O. The summed E-state index contributed by atoms with van der Waals surface area (Å²) < 4.78 is 38.1. The Labute approximate surface area is 500 Å². The van der Waals surface area contributed by atoms with Gasteiger partial charge in [0.05, 0.1) is 62.8 Å². The molecule has 3 aliphatic heterocycles. The molecule has 22 heteroatoms. The number of carbonyl (C=O) groups is 3. The zero-order chi connectivity index (χ0) is 60.4. The highest BCUT2D eigenvalue weighted by molar-refractivity contribution is 14.1. The number of esters is 1. The van der Waals surface area contributed by atoms with Crippen LogP contribution in [-0.2, 0) is 38.0 Å². The number of hydrogen-bond donors (Lipinski definition) is 12. The van der Waals surface area contributed by atoms with Crippen LogP contribution in [0.1, 0.15) is 142 Å². The Kier molecular flexibility index (Phi) is 19.7. The van der Waals surface area contributed by atoms with Crippen LogP contribution in [0.2, 0.25) is 0 Å². The van der Waals surface area contributed by atoms with Gasteiger partial charge in [0.1, 0.15) is 42.0 Å². The molecule has 8 aliphatic rings. The molecule has 2 amide bonds. The maximum absolute atomic E-state index is 15.8. The van der Waals surface area contributed by atoms with E-state index in [0.717, 1.165) is 28.4 Å². The van der Waals surface area contributed by atoms with Gasteiger partial charge in [-0.3, -0.25) is 14.4 Å². The molecule has 0 spiro atoms. The number of fused-ring (bicyclic) bond motifs is 7. The Balaban J connectivity index is 0.972. The molecule has 16 unspecified atom stereocenters. The van der Waals surface area contributed by atoms with Gasteiger partial charge < -0.3 is 90.1 Å². The highest BCUT2D eigenvalue weighted by Crippen LogP contribution is 2.76. The lowest BCUT2D eigenvalue weighted by molar-refractivity contribution is -0.365. The third-order valence-corrected chi connectivity index (χ3v) is 23.0. The maximum Gasteiger partial charge on any atom is 0.317 e. The van der Waals surface area contributed by atoms with Gasteiger partial charge in [0, 0.05) is 27.5 Å². The second-order valence-corrected chi connectivity index (χ2v) is 28.7. The van der Waals surface area contributed by atoms with Crippen molar-refractivity contribution in [3.8, 4) is 0 Å². The lowest BCUT2D eigenvalue weighted by atomic mass is 9.33. The zero-order valence-electron chi connectivity index (χ0n) is 49.1. The van der Waals surface area contributed by atoms with E-state index in [1.165, 1.54) is 6.92 Å². The highest BCUT2D eigenvalue weighted by Gasteiger charge is 2.72.